The zero-order chi connectivity index (χ0) is 24.3. The van der Waals surface area contributed by atoms with Gasteiger partial charge in [0.25, 0.3) is 0 Å². The molecule has 0 amide bonds. The van der Waals surface area contributed by atoms with E-state index in [1.807, 2.05) is 0 Å². The second-order valence-corrected chi connectivity index (χ2v) is 7.95. The molecule has 1 aliphatic rings. The molecule has 1 aliphatic heterocycles. The van der Waals surface area contributed by atoms with E-state index in [0.29, 0.717) is 22.8 Å². The minimum atomic E-state index is -4.71. The van der Waals surface area contributed by atoms with Crippen LogP contribution in [0.5, 0.6) is 28.7 Å². The molecule has 0 atom stereocenters. The van der Waals surface area contributed by atoms with Crippen LogP contribution in [0.3, 0.4) is 0 Å². The number of benzene rings is 2. The Labute approximate surface area is 193 Å². The van der Waals surface area contributed by atoms with Crippen molar-refractivity contribution in [2.75, 3.05) is 54.6 Å². The molecule has 0 aromatic heterocycles. The number of phosphoric ester groups is 1. The van der Waals surface area contributed by atoms with Gasteiger partial charge in [0.05, 0.1) is 28.4 Å². The Hall–Kier alpha value is -2.75. The van der Waals surface area contributed by atoms with Crippen LogP contribution in [0.4, 0.5) is 0 Å². The fraction of sp³-hybridized carbons (Fsp3) is 0.364. The van der Waals surface area contributed by atoms with Gasteiger partial charge >= 0.3 is 7.82 Å². The van der Waals surface area contributed by atoms with Gasteiger partial charge in [0.2, 0.25) is 5.75 Å². The monoisotopic (exact) mass is 482 g/mol. The second-order valence-electron chi connectivity index (χ2n) is 6.78. The minimum Gasteiger partial charge on any atom is -0.493 e. The number of methoxy groups -OCH3 is 4. The zero-order valence-electron chi connectivity index (χ0n) is 19.2. The highest BCUT2D eigenvalue weighted by atomic mass is 31.2. The molecule has 0 radical (unpaired) electrons. The number of rotatable bonds is 8. The van der Waals surface area contributed by atoms with E-state index in [1.54, 1.807) is 36.4 Å². The molecule has 2 aromatic rings. The van der Waals surface area contributed by atoms with Crippen LogP contribution in [0.2, 0.25) is 0 Å². The first-order valence-electron chi connectivity index (χ1n) is 10.1. The molecule has 0 saturated carbocycles. The van der Waals surface area contributed by atoms with Crippen molar-refractivity contribution in [2.45, 2.75) is 0 Å². The maximum atomic E-state index is 11.1. The molecule has 1 saturated heterocycles. The minimum absolute atomic E-state index is 0.0575. The topological polar surface area (TPSA) is 128 Å². The zero-order valence-corrected chi connectivity index (χ0v) is 20.1. The van der Waals surface area contributed by atoms with E-state index >= 15 is 0 Å². The number of hydrogen-bond acceptors (Lipinski definition) is 8. The molecular formula is C22H31N2O8P. The fourth-order valence-corrected chi connectivity index (χ4v) is 3.39. The van der Waals surface area contributed by atoms with E-state index in [4.69, 9.17) is 28.7 Å². The summed E-state index contributed by atoms with van der Waals surface area (Å²) in [6.45, 7) is 4.56. The third-order valence-corrected chi connectivity index (χ3v) is 4.95. The van der Waals surface area contributed by atoms with Crippen LogP contribution in [0.1, 0.15) is 11.1 Å². The van der Waals surface area contributed by atoms with Crippen LogP contribution in [-0.4, -0.2) is 64.4 Å². The van der Waals surface area contributed by atoms with Gasteiger partial charge in [0, 0.05) is 26.2 Å². The van der Waals surface area contributed by atoms with Gasteiger partial charge in [-0.15, -0.1) is 0 Å². The summed E-state index contributed by atoms with van der Waals surface area (Å²) in [6.07, 6.45) is 3.53. The van der Waals surface area contributed by atoms with Gasteiger partial charge in [-0.1, -0.05) is 18.2 Å². The molecule has 3 rings (SSSR count). The number of nitrogens with one attached hydrogen (secondary N) is 2. The molecule has 4 N–H and O–H groups in total. The first kappa shape index (κ1) is 26.5. The van der Waals surface area contributed by atoms with E-state index in [9.17, 15) is 4.57 Å². The lowest BCUT2D eigenvalue weighted by Gasteiger charge is -2.13. The quantitative estimate of drug-likeness (QED) is 0.329. The Kier molecular flexibility index (Phi) is 10.5. The number of ether oxygens (including phenoxy) is 4. The molecular weight excluding hydrogens is 451 g/mol. The number of hydrogen-bond donors (Lipinski definition) is 4. The summed E-state index contributed by atoms with van der Waals surface area (Å²) >= 11 is 0. The van der Waals surface area contributed by atoms with E-state index in [1.165, 1.54) is 34.5 Å². The van der Waals surface area contributed by atoms with Gasteiger partial charge in [0.15, 0.2) is 23.0 Å². The Morgan fingerprint density at radius 2 is 1.21 bits per heavy atom. The fourth-order valence-electron chi connectivity index (χ4n) is 2.99. The van der Waals surface area contributed by atoms with Crippen molar-refractivity contribution in [3.63, 3.8) is 0 Å². The predicted molar refractivity (Wildman–Crippen MR) is 126 cm³/mol. The van der Waals surface area contributed by atoms with Crippen molar-refractivity contribution in [1.29, 1.82) is 0 Å². The van der Waals surface area contributed by atoms with Gasteiger partial charge < -0.3 is 34.1 Å². The number of piperazine rings is 1. The largest absolute Gasteiger partial charge is 0.524 e. The standard InChI is InChI=1S/C18H21O8P.C4H10N2/c1-22-14-8-7-12(9-15(14)26-27(19,20)21)5-6-13-10-16(23-2)18(25-4)17(11-13)24-3;1-2-6-4-3-5-1/h5-11H,1-4H3,(H2,19,20,21);5-6H,1-4H2/b6-5+;. The smallest absolute Gasteiger partial charge is 0.493 e. The molecule has 33 heavy (non-hydrogen) atoms. The van der Waals surface area contributed by atoms with Gasteiger partial charge in [0.1, 0.15) is 0 Å². The van der Waals surface area contributed by atoms with Crippen molar-refractivity contribution in [2.24, 2.45) is 0 Å². The molecule has 182 valence electrons. The van der Waals surface area contributed by atoms with Gasteiger partial charge in [-0.3, -0.25) is 9.79 Å². The Balaban J connectivity index is 0.000000554. The molecule has 11 heteroatoms. The van der Waals surface area contributed by atoms with Crippen molar-refractivity contribution in [3.05, 3.63) is 41.5 Å². The summed E-state index contributed by atoms with van der Waals surface area (Å²) in [5.74, 6) is 1.66. The first-order chi connectivity index (χ1) is 15.8. The Bertz CT molecular complexity index is 936. The SMILES string of the molecule is C1CNCCN1.COc1ccc(/C=C/c2cc(OC)c(OC)c(OC)c2)cc1OP(=O)(O)O. The Morgan fingerprint density at radius 3 is 1.64 bits per heavy atom. The summed E-state index contributed by atoms with van der Waals surface area (Å²) in [7, 11) is 1.26. The normalized spacial score (nSPS) is 13.6. The van der Waals surface area contributed by atoms with Crippen LogP contribution in [0.25, 0.3) is 12.2 Å². The van der Waals surface area contributed by atoms with Crippen LogP contribution in [0, 0.1) is 0 Å². The van der Waals surface area contributed by atoms with E-state index < -0.39 is 7.82 Å². The summed E-state index contributed by atoms with van der Waals surface area (Å²) in [6, 6.07) is 8.29. The average molecular weight is 482 g/mol. The lowest BCUT2D eigenvalue weighted by atomic mass is 10.1. The molecule has 2 aromatic carbocycles. The van der Waals surface area contributed by atoms with E-state index in [-0.39, 0.29) is 11.5 Å². The van der Waals surface area contributed by atoms with Gasteiger partial charge in [-0.25, -0.2) is 4.57 Å². The average Bonchev–Trinajstić information content (AvgIpc) is 2.82. The summed E-state index contributed by atoms with van der Waals surface area (Å²) in [4.78, 5) is 18.1. The van der Waals surface area contributed by atoms with Crippen molar-refractivity contribution >= 4 is 20.0 Å². The Morgan fingerprint density at radius 1 is 0.727 bits per heavy atom. The molecule has 0 aliphatic carbocycles. The van der Waals surface area contributed by atoms with Gasteiger partial charge in [-0.2, -0.15) is 0 Å². The molecule has 1 heterocycles. The highest BCUT2D eigenvalue weighted by Crippen LogP contribution is 2.42. The lowest BCUT2D eigenvalue weighted by Crippen LogP contribution is -2.39. The van der Waals surface area contributed by atoms with E-state index in [2.05, 4.69) is 15.2 Å². The molecule has 1 fully saturated rings. The van der Waals surface area contributed by atoms with Crippen LogP contribution in [-0.2, 0) is 4.57 Å². The first-order valence-corrected chi connectivity index (χ1v) is 11.7. The van der Waals surface area contributed by atoms with Crippen molar-refractivity contribution in [3.8, 4) is 28.7 Å². The van der Waals surface area contributed by atoms with Crippen LogP contribution < -0.4 is 34.1 Å². The highest BCUT2D eigenvalue weighted by molar-refractivity contribution is 7.46. The summed E-state index contributed by atoms with van der Waals surface area (Å²) < 4.78 is 36.8. The molecule has 0 bridgehead atoms. The maximum Gasteiger partial charge on any atom is 0.524 e. The van der Waals surface area contributed by atoms with Gasteiger partial charge in [-0.05, 0) is 35.4 Å². The predicted octanol–water partition coefficient (Wildman–Crippen LogP) is 2.54. The third kappa shape index (κ3) is 8.60. The van der Waals surface area contributed by atoms with E-state index in [0.717, 1.165) is 31.7 Å². The lowest BCUT2D eigenvalue weighted by molar-refractivity contribution is 0.276. The van der Waals surface area contributed by atoms with Crippen LogP contribution >= 0.6 is 7.82 Å². The third-order valence-electron chi connectivity index (χ3n) is 4.52. The molecule has 0 unspecified atom stereocenters. The highest BCUT2D eigenvalue weighted by Gasteiger charge is 2.19. The molecule has 0 spiro atoms. The molecule has 10 nitrogen and oxygen atoms in total. The van der Waals surface area contributed by atoms with Crippen LogP contribution in [0.15, 0.2) is 30.3 Å². The van der Waals surface area contributed by atoms with Crippen molar-refractivity contribution in [1.82, 2.24) is 10.6 Å². The second kappa shape index (κ2) is 13.1. The van der Waals surface area contributed by atoms with Crippen molar-refractivity contribution < 1.29 is 37.8 Å². The maximum absolute atomic E-state index is 11.1. The summed E-state index contributed by atoms with van der Waals surface area (Å²) in [5.41, 5.74) is 1.42. The number of phosphoric acid groups is 1. The summed E-state index contributed by atoms with van der Waals surface area (Å²) in [5, 5.41) is 6.44.